The number of methoxy groups -OCH3 is 1. The number of alkyl halides is 2. The van der Waals surface area contributed by atoms with Gasteiger partial charge in [-0.1, -0.05) is 48.5 Å². The van der Waals surface area contributed by atoms with Gasteiger partial charge in [0.2, 0.25) is 0 Å². The molecule has 0 aliphatic heterocycles. The van der Waals surface area contributed by atoms with Gasteiger partial charge in [-0.2, -0.15) is 8.78 Å². The summed E-state index contributed by atoms with van der Waals surface area (Å²) in [6.07, 6.45) is 0. The number of fused-ring (bicyclic) bond motifs is 1. The van der Waals surface area contributed by atoms with Crippen molar-refractivity contribution in [2.45, 2.75) is 26.1 Å². The van der Waals surface area contributed by atoms with Crippen molar-refractivity contribution in [3.8, 4) is 11.5 Å². The molecule has 0 unspecified atom stereocenters. The third-order valence-corrected chi connectivity index (χ3v) is 4.35. The van der Waals surface area contributed by atoms with E-state index in [1.54, 1.807) is 12.1 Å². The predicted molar refractivity (Wildman–Crippen MR) is 98.8 cm³/mol. The summed E-state index contributed by atoms with van der Waals surface area (Å²) in [5, 5.41) is 5.89. The van der Waals surface area contributed by atoms with Crippen molar-refractivity contribution >= 4 is 10.8 Å². The number of hydrogen-bond donors (Lipinski definition) is 1. The van der Waals surface area contributed by atoms with E-state index >= 15 is 0 Å². The highest BCUT2D eigenvalue weighted by Gasteiger charge is 2.12. The van der Waals surface area contributed by atoms with Crippen molar-refractivity contribution in [3.05, 3.63) is 71.8 Å². The Labute approximate surface area is 151 Å². The van der Waals surface area contributed by atoms with Crippen LogP contribution >= 0.6 is 0 Å². The molecule has 0 saturated heterocycles. The third kappa shape index (κ3) is 4.11. The van der Waals surface area contributed by atoms with E-state index < -0.39 is 6.61 Å². The fourth-order valence-electron chi connectivity index (χ4n) is 3.02. The van der Waals surface area contributed by atoms with Gasteiger partial charge in [0.25, 0.3) is 0 Å². The third-order valence-electron chi connectivity index (χ3n) is 4.35. The molecule has 1 N–H and O–H groups in total. The summed E-state index contributed by atoms with van der Waals surface area (Å²) in [4.78, 5) is 0. The SMILES string of the molecule is COc1cc(CN[C@H](C)c2cccc3ccccc23)ccc1OC(F)F. The van der Waals surface area contributed by atoms with E-state index in [9.17, 15) is 8.78 Å². The highest BCUT2D eigenvalue weighted by atomic mass is 19.3. The van der Waals surface area contributed by atoms with Crippen LogP contribution in [-0.4, -0.2) is 13.7 Å². The van der Waals surface area contributed by atoms with Gasteiger partial charge >= 0.3 is 6.61 Å². The second kappa shape index (κ2) is 8.15. The van der Waals surface area contributed by atoms with Crippen LogP contribution in [0.1, 0.15) is 24.1 Å². The molecule has 1 atom stereocenters. The fraction of sp³-hybridized carbons (Fsp3) is 0.238. The van der Waals surface area contributed by atoms with Crippen molar-refractivity contribution in [1.29, 1.82) is 0 Å². The zero-order chi connectivity index (χ0) is 18.5. The average molecular weight is 357 g/mol. The van der Waals surface area contributed by atoms with E-state index in [1.807, 2.05) is 12.1 Å². The first-order chi connectivity index (χ1) is 12.6. The molecule has 0 saturated carbocycles. The van der Waals surface area contributed by atoms with Gasteiger partial charge < -0.3 is 14.8 Å². The lowest BCUT2D eigenvalue weighted by atomic mass is 9.99. The standard InChI is InChI=1S/C21H21F2NO2/c1-14(17-9-5-7-16-6-3-4-8-18(16)17)24-13-15-10-11-19(26-21(22)23)20(12-15)25-2/h3-12,14,21,24H,13H2,1-2H3/t14-/m1/s1. The van der Waals surface area contributed by atoms with Gasteiger partial charge in [0, 0.05) is 12.6 Å². The Hall–Kier alpha value is -2.66. The van der Waals surface area contributed by atoms with E-state index in [4.69, 9.17) is 4.74 Å². The molecule has 3 rings (SSSR count). The molecule has 3 aromatic rings. The molecular formula is C21H21F2NO2. The van der Waals surface area contributed by atoms with E-state index in [1.165, 1.54) is 29.5 Å². The first-order valence-corrected chi connectivity index (χ1v) is 8.41. The molecule has 26 heavy (non-hydrogen) atoms. The maximum atomic E-state index is 12.4. The molecule has 0 aliphatic carbocycles. The van der Waals surface area contributed by atoms with Gasteiger partial charge in [-0.25, -0.2) is 0 Å². The molecule has 0 radical (unpaired) electrons. The first kappa shape index (κ1) is 18.1. The Morgan fingerprint density at radius 3 is 2.50 bits per heavy atom. The molecule has 0 amide bonds. The molecular weight excluding hydrogens is 336 g/mol. The topological polar surface area (TPSA) is 30.5 Å². The molecule has 3 nitrogen and oxygen atoms in total. The summed E-state index contributed by atoms with van der Waals surface area (Å²) in [7, 11) is 1.43. The Kier molecular flexibility index (Phi) is 5.68. The molecule has 0 fully saturated rings. The second-order valence-electron chi connectivity index (χ2n) is 6.03. The van der Waals surface area contributed by atoms with Gasteiger partial charge in [0.1, 0.15) is 0 Å². The molecule has 136 valence electrons. The minimum absolute atomic E-state index is 0.0355. The molecule has 0 aromatic heterocycles. The predicted octanol–water partition coefficient (Wildman–Crippen LogP) is 5.30. The lowest BCUT2D eigenvalue weighted by molar-refractivity contribution is -0.0512. The summed E-state index contributed by atoms with van der Waals surface area (Å²) in [5.74, 6) is 0.329. The van der Waals surface area contributed by atoms with E-state index in [-0.39, 0.29) is 11.8 Å². The lowest BCUT2D eigenvalue weighted by Crippen LogP contribution is -2.18. The number of rotatable bonds is 7. The van der Waals surface area contributed by atoms with Crippen molar-refractivity contribution in [2.75, 3.05) is 7.11 Å². The average Bonchev–Trinajstić information content (AvgIpc) is 2.66. The van der Waals surface area contributed by atoms with Crippen LogP contribution in [0.15, 0.2) is 60.7 Å². The maximum absolute atomic E-state index is 12.4. The maximum Gasteiger partial charge on any atom is 0.387 e. The molecule has 0 bridgehead atoms. The number of halogens is 2. The van der Waals surface area contributed by atoms with Crippen molar-refractivity contribution in [2.24, 2.45) is 0 Å². The minimum atomic E-state index is -2.88. The molecule has 5 heteroatoms. The van der Waals surface area contributed by atoms with Crippen molar-refractivity contribution in [1.82, 2.24) is 5.32 Å². The van der Waals surface area contributed by atoms with Crippen LogP contribution in [0.5, 0.6) is 11.5 Å². The fourth-order valence-corrected chi connectivity index (χ4v) is 3.02. The van der Waals surface area contributed by atoms with Gasteiger partial charge in [-0.3, -0.25) is 0 Å². The van der Waals surface area contributed by atoms with E-state index in [0.717, 1.165) is 5.56 Å². The molecule has 0 spiro atoms. The Bertz CT molecular complexity index is 878. The summed E-state index contributed by atoms with van der Waals surface area (Å²) in [6, 6.07) is 19.6. The zero-order valence-corrected chi connectivity index (χ0v) is 14.7. The zero-order valence-electron chi connectivity index (χ0n) is 14.7. The number of ether oxygens (including phenoxy) is 2. The van der Waals surface area contributed by atoms with E-state index in [2.05, 4.69) is 47.3 Å². The van der Waals surface area contributed by atoms with Crippen molar-refractivity contribution < 1.29 is 18.3 Å². The van der Waals surface area contributed by atoms with Crippen LogP contribution in [0, 0.1) is 0 Å². The van der Waals surface area contributed by atoms with Crippen LogP contribution in [-0.2, 0) is 6.54 Å². The van der Waals surface area contributed by atoms with Gasteiger partial charge in [0.05, 0.1) is 7.11 Å². The second-order valence-corrected chi connectivity index (χ2v) is 6.03. The van der Waals surface area contributed by atoms with Crippen LogP contribution < -0.4 is 14.8 Å². The van der Waals surface area contributed by atoms with Crippen LogP contribution in [0.3, 0.4) is 0 Å². The summed E-state index contributed by atoms with van der Waals surface area (Å²) >= 11 is 0. The van der Waals surface area contributed by atoms with Gasteiger partial charge in [0.15, 0.2) is 11.5 Å². The molecule has 0 heterocycles. The van der Waals surface area contributed by atoms with Crippen LogP contribution in [0.4, 0.5) is 8.78 Å². The Balaban J connectivity index is 1.74. The Morgan fingerprint density at radius 1 is 0.962 bits per heavy atom. The Morgan fingerprint density at radius 2 is 1.73 bits per heavy atom. The van der Waals surface area contributed by atoms with Gasteiger partial charge in [-0.05, 0) is 41.0 Å². The number of benzene rings is 3. The molecule has 0 aliphatic rings. The lowest BCUT2D eigenvalue weighted by Gasteiger charge is -2.17. The normalized spacial score (nSPS) is 12.3. The summed E-state index contributed by atoms with van der Waals surface area (Å²) < 4.78 is 34.4. The quantitative estimate of drug-likeness (QED) is 0.622. The number of hydrogen-bond acceptors (Lipinski definition) is 3. The first-order valence-electron chi connectivity index (χ1n) is 8.41. The summed E-state index contributed by atoms with van der Waals surface area (Å²) in [5.41, 5.74) is 2.14. The largest absolute Gasteiger partial charge is 0.493 e. The smallest absolute Gasteiger partial charge is 0.387 e. The summed E-state index contributed by atoms with van der Waals surface area (Å²) in [6.45, 7) is -0.192. The monoisotopic (exact) mass is 357 g/mol. The molecule has 3 aromatic carbocycles. The highest BCUT2D eigenvalue weighted by Crippen LogP contribution is 2.30. The number of nitrogens with one attached hydrogen (secondary N) is 1. The highest BCUT2D eigenvalue weighted by molar-refractivity contribution is 5.86. The van der Waals surface area contributed by atoms with Crippen molar-refractivity contribution in [3.63, 3.8) is 0 Å². The van der Waals surface area contributed by atoms with E-state index in [0.29, 0.717) is 12.3 Å². The van der Waals surface area contributed by atoms with Crippen LogP contribution in [0.25, 0.3) is 10.8 Å². The van der Waals surface area contributed by atoms with Crippen LogP contribution in [0.2, 0.25) is 0 Å². The van der Waals surface area contributed by atoms with Gasteiger partial charge in [-0.15, -0.1) is 0 Å². The minimum Gasteiger partial charge on any atom is -0.493 e.